The highest BCUT2D eigenvalue weighted by atomic mass is 15.3. The fourth-order valence-corrected chi connectivity index (χ4v) is 2.42. The Kier molecular flexibility index (Phi) is 2.59. The Hall–Kier alpha value is -2.49. The maximum absolute atomic E-state index is 4.77. The van der Waals surface area contributed by atoms with E-state index in [0.29, 0.717) is 0 Å². The molecule has 20 heavy (non-hydrogen) atoms. The Bertz CT molecular complexity index is 751. The first kappa shape index (κ1) is 11.3. The van der Waals surface area contributed by atoms with E-state index in [0.717, 1.165) is 41.3 Å². The minimum Gasteiger partial charge on any atom is -0.341 e. The summed E-state index contributed by atoms with van der Waals surface area (Å²) in [6.45, 7) is 2.07. The zero-order valence-corrected chi connectivity index (χ0v) is 11.0. The van der Waals surface area contributed by atoms with Crippen molar-refractivity contribution in [1.29, 1.82) is 0 Å². The minimum absolute atomic E-state index is 0.767. The molecular formula is C16H14N4. The second-order valence-electron chi connectivity index (χ2n) is 4.95. The molecule has 1 aliphatic heterocycles. The van der Waals surface area contributed by atoms with E-state index in [4.69, 9.17) is 4.98 Å². The van der Waals surface area contributed by atoms with E-state index in [1.807, 2.05) is 30.3 Å². The van der Waals surface area contributed by atoms with Gasteiger partial charge in [0.2, 0.25) is 5.95 Å². The molecule has 1 fully saturated rings. The highest BCUT2D eigenvalue weighted by Crippen LogP contribution is 2.28. The molecular weight excluding hydrogens is 248 g/mol. The molecule has 1 aliphatic rings. The minimum atomic E-state index is 0.767. The average Bonchev–Trinajstić information content (AvgIpc) is 2.45. The number of hydrogen-bond acceptors (Lipinski definition) is 4. The van der Waals surface area contributed by atoms with Gasteiger partial charge in [-0.3, -0.25) is 0 Å². The van der Waals surface area contributed by atoms with Gasteiger partial charge in [0.25, 0.3) is 0 Å². The smallest absolute Gasteiger partial charge is 0.227 e. The molecule has 0 amide bonds. The van der Waals surface area contributed by atoms with Crippen molar-refractivity contribution in [2.45, 2.75) is 6.42 Å². The fourth-order valence-electron chi connectivity index (χ4n) is 2.42. The lowest BCUT2D eigenvalue weighted by atomic mass is 10.1. The third-order valence-corrected chi connectivity index (χ3v) is 3.65. The van der Waals surface area contributed by atoms with Gasteiger partial charge in [-0.2, -0.15) is 4.98 Å². The normalized spacial score (nSPS) is 14.3. The molecule has 0 unspecified atom stereocenters. The Morgan fingerprint density at radius 3 is 2.50 bits per heavy atom. The molecule has 0 aliphatic carbocycles. The first-order chi connectivity index (χ1) is 9.92. The fraction of sp³-hybridized carbons (Fsp3) is 0.188. The Labute approximate surface area is 117 Å². The van der Waals surface area contributed by atoms with Crippen LogP contribution < -0.4 is 4.90 Å². The molecule has 3 aromatic rings. The van der Waals surface area contributed by atoms with Gasteiger partial charge < -0.3 is 4.90 Å². The van der Waals surface area contributed by atoms with Crippen LogP contribution in [-0.2, 0) is 0 Å². The number of fused-ring (bicyclic) bond motifs is 1. The Morgan fingerprint density at radius 2 is 1.75 bits per heavy atom. The van der Waals surface area contributed by atoms with Crippen molar-refractivity contribution in [3.8, 4) is 11.3 Å². The van der Waals surface area contributed by atoms with Crippen molar-refractivity contribution in [3.63, 3.8) is 0 Å². The maximum atomic E-state index is 4.77. The van der Waals surface area contributed by atoms with Gasteiger partial charge in [0.05, 0.1) is 5.69 Å². The van der Waals surface area contributed by atoms with Gasteiger partial charge in [0, 0.05) is 30.2 Å². The van der Waals surface area contributed by atoms with Crippen LogP contribution in [0.4, 0.5) is 5.95 Å². The van der Waals surface area contributed by atoms with Crippen molar-refractivity contribution < 1.29 is 0 Å². The molecule has 3 heterocycles. The van der Waals surface area contributed by atoms with E-state index in [1.165, 1.54) is 6.42 Å². The number of hydrogen-bond donors (Lipinski definition) is 0. The van der Waals surface area contributed by atoms with E-state index < -0.39 is 0 Å². The van der Waals surface area contributed by atoms with Crippen LogP contribution in [0.3, 0.4) is 0 Å². The zero-order valence-electron chi connectivity index (χ0n) is 11.0. The van der Waals surface area contributed by atoms with Gasteiger partial charge in [-0.1, -0.05) is 30.3 Å². The van der Waals surface area contributed by atoms with E-state index in [2.05, 4.69) is 27.0 Å². The summed E-state index contributed by atoms with van der Waals surface area (Å²) >= 11 is 0. The third-order valence-electron chi connectivity index (χ3n) is 3.65. The van der Waals surface area contributed by atoms with Crippen LogP contribution in [0.1, 0.15) is 6.42 Å². The summed E-state index contributed by atoms with van der Waals surface area (Å²) in [5.74, 6) is 0.793. The molecule has 0 saturated carbocycles. The number of nitrogens with zero attached hydrogens (tertiary/aromatic N) is 4. The molecule has 4 nitrogen and oxygen atoms in total. The van der Waals surface area contributed by atoms with Crippen LogP contribution in [0.5, 0.6) is 0 Å². The second-order valence-corrected chi connectivity index (χ2v) is 4.95. The van der Waals surface area contributed by atoms with Crippen LogP contribution in [0.2, 0.25) is 0 Å². The van der Waals surface area contributed by atoms with Crippen LogP contribution in [0.15, 0.2) is 48.7 Å². The summed E-state index contributed by atoms with van der Waals surface area (Å²) in [4.78, 5) is 15.9. The summed E-state index contributed by atoms with van der Waals surface area (Å²) in [5.41, 5.74) is 2.84. The predicted molar refractivity (Wildman–Crippen MR) is 79.6 cm³/mol. The van der Waals surface area contributed by atoms with E-state index >= 15 is 0 Å². The summed E-state index contributed by atoms with van der Waals surface area (Å²) in [6.07, 6.45) is 2.99. The van der Waals surface area contributed by atoms with E-state index in [-0.39, 0.29) is 0 Å². The highest BCUT2D eigenvalue weighted by molar-refractivity contribution is 5.91. The van der Waals surface area contributed by atoms with Crippen molar-refractivity contribution in [2.24, 2.45) is 0 Å². The van der Waals surface area contributed by atoms with Crippen molar-refractivity contribution >= 4 is 17.0 Å². The Morgan fingerprint density at radius 1 is 0.900 bits per heavy atom. The largest absolute Gasteiger partial charge is 0.341 e. The van der Waals surface area contributed by atoms with Crippen molar-refractivity contribution in [2.75, 3.05) is 18.0 Å². The standard InChI is InChI=1S/C16H14N4/c1-2-6-12(7-3-1)14-13-8-4-9-17-15(13)19-16(18-14)20-10-5-11-20/h1-4,6-9H,5,10-11H2. The number of benzene rings is 1. The monoisotopic (exact) mass is 262 g/mol. The molecule has 0 spiro atoms. The van der Waals surface area contributed by atoms with Gasteiger partial charge in [-0.25, -0.2) is 9.97 Å². The zero-order chi connectivity index (χ0) is 13.4. The van der Waals surface area contributed by atoms with Crippen LogP contribution in [-0.4, -0.2) is 28.0 Å². The first-order valence-corrected chi connectivity index (χ1v) is 6.85. The third kappa shape index (κ3) is 1.81. The summed E-state index contributed by atoms with van der Waals surface area (Å²) in [5, 5.41) is 1.00. The lowest BCUT2D eigenvalue weighted by Crippen LogP contribution is -2.38. The summed E-state index contributed by atoms with van der Waals surface area (Å²) < 4.78 is 0. The van der Waals surface area contributed by atoms with Crippen molar-refractivity contribution in [1.82, 2.24) is 15.0 Å². The topological polar surface area (TPSA) is 41.9 Å². The molecule has 1 aromatic carbocycles. The van der Waals surface area contributed by atoms with Gasteiger partial charge in [-0.15, -0.1) is 0 Å². The molecule has 98 valence electrons. The van der Waals surface area contributed by atoms with Gasteiger partial charge in [0.15, 0.2) is 5.65 Å². The van der Waals surface area contributed by atoms with Gasteiger partial charge in [-0.05, 0) is 18.6 Å². The molecule has 0 radical (unpaired) electrons. The first-order valence-electron chi connectivity index (χ1n) is 6.85. The lowest BCUT2D eigenvalue weighted by molar-refractivity contribution is 0.602. The molecule has 0 atom stereocenters. The summed E-state index contributed by atoms with van der Waals surface area (Å²) in [6, 6.07) is 14.2. The van der Waals surface area contributed by atoms with Crippen LogP contribution >= 0.6 is 0 Å². The molecule has 2 aromatic heterocycles. The molecule has 1 saturated heterocycles. The van der Waals surface area contributed by atoms with E-state index in [1.54, 1.807) is 6.20 Å². The van der Waals surface area contributed by atoms with Crippen LogP contribution in [0.25, 0.3) is 22.3 Å². The average molecular weight is 262 g/mol. The maximum Gasteiger partial charge on any atom is 0.227 e. The molecule has 0 bridgehead atoms. The van der Waals surface area contributed by atoms with Crippen molar-refractivity contribution in [3.05, 3.63) is 48.7 Å². The second kappa shape index (κ2) is 4.56. The highest BCUT2D eigenvalue weighted by Gasteiger charge is 2.19. The lowest BCUT2D eigenvalue weighted by Gasteiger charge is -2.31. The van der Waals surface area contributed by atoms with E-state index in [9.17, 15) is 0 Å². The molecule has 4 heteroatoms. The Balaban J connectivity index is 1.97. The number of anilines is 1. The predicted octanol–water partition coefficient (Wildman–Crippen LogP) is 2.90. The van der Waals surface area contributed by atoms with Gasteiger partial charge in [0.1, 0.15) is 0 Å². The van der Waals surface area contributed by atoms with Gasteiger partial charge >= 0.3 is 0 Å². The SMILES string of the molecule is c1ccc(-c2nc(N3CCC3)nc3ncccc23)cc1. The number of rotatable bonds is 2. The number of aromatic nitrogens is 3. The van der Waals surface area contributed by atoms with Crippen LogP contribution in [0, 0.1) is 0 Å². The molecule has 0 N–H and O–H groups in total. The molecule has 4 rings (SSSR count). The quantitative estimate of drug-likeness (QED) is 0.712. The summed E-state index contributed by atoms with van der Waals surface area (Å²) in [7, 11) is 0. The number of pyridine rings is 1.